The minimum Gasteiger partial charge on any atom is -0.340 e. The smallest absolute Gasteiger partial charge is 0.250 e. The number of carbonyl (C=O) groups is 3. The molecule has 3 aliphatic rings. The van der Waals surface area contributed by atoms with Gasteiger partial charge in [0, 0.05) is 68.5 Å². The number of likely N-dealkylation sites (tertiary alicyclic amines) is 2. The number of carbonyl (C=O) groups excluding carboxylic acids is 3. The summed E-state index contributed by atoms with van der Waals surface area (Å²) in [7, 11) is -3.91. The van der Waals surface area contributed by atoms with Gasteiger partial charge in [0.15, 0.2) is 0 Å². The highest BCUT2D eigenvalue weighted by Crippen LogP contribution is 2.37. The molecular weight excluding hydrogens is 594 g/mol. The van der Waals surface area contributed by atoms with Gasteiger partial charge in [0.25, 0.3) is 10.0 Å². The summed E-state index contributed by atoms with van der Waals surface area (Å²) in [6.07, 6.45) is 2.83. The molecular formula is C26H34ClN5O5S3. The lowest BCUT2D eigenvalue weighted by Crippen LogP contribution is -2.56. The highest BCUT2D eigenvalue weighted by Gasteiger charge is 2.37. The molecule has 0 radical (unpaired) electrons. The van der Waals surface area contributed by atoms with E-state index in [1.807, 2.05) is 15.9 Å². The van der Waals surface area contributed by atoms with Crippen molar-refractivity contribution in [2.45, 2.75) is 48.9 Å². The van der Waals surface area contributed by atoms with Gasteiger partial charge in [0.2, 0.25) is 17.7 Å². The van der Waals surface area contributed by atoms with E-state index in [0.29, 0.717) is 43.4 Å². The fraction of sp³-hybridized carbons (Fsp3) is 0.577. The molecule has 14 heteroatoms. The van der Waals surface area contributed by atoms with Crippen molar-refractivity contribution in [3.63, 3.8) is 0 Å². The molecule has 0 bridgehead atoms. The average Bonchev–Trinajstić information content (AvgIpc) is 3.68. The van der Waals surface area contributed by atoms with Gasteiger partial charge in [-0.05, 0) is 49.9 Å². The molecule has 3 fully saturated rings. The van der Waals surface area contributed by atoms with E-state index in [1.54, 1.807) is 19.1 Å². The van der Waals surface area contributed by atoms with Crippen LogP contribution in [0.1, 0.15) is 32.6 Å². The summed E-state index contributed by atoms with van der Waals surface area (Å²) < 4.78 is 29.6. The number of sulfonamides is 1. The van der Waals surface area contributed by atoms with E-state index in [9.17, 15) is 22.8 Å². The predicted octanol–water partition coefficient (Wildman–Crippen LogP) is 2.55. The van der Waals surface area contributed by atoms with Crippen LogP contribution in [0.15, 0.2) is 28.5 Å². The maximum atomic E-state index is 13.3. The summed E-state index contributed by atoms with van der Waals surface area (Å²) in [5.74, 6) is -0.367. The lowest BCUT2D eigenvalue weighted by molar-refractivity contribution is -0.143. The number of hydrogen-bond acceptors (Lipinski definition) is 8. The lowest BCUT2D eigenvalue weighted by atomic mass is 10.1. The van der Waals surface area contributed by atoms with Crippen LogP contribution in [0, 0.1) is 0 Å². The quantitative estimate of drug-likeness (QED) is 0.482. The van der Waals surface area contributed by atoms with Crippen LogP contribution in [0.5, 0.6) is 0 Å². The second-order valence-electron chi connectivity index (χ2n) is 10.5. The molecule has 0 aliphatic carbocycles. The number of amides is 3. The molecule has 3 saturated heterocycles. The minimum atomic E-state index is -3.91. The summed E-state index contributed by atoms with van der Waals surface area (Å²) in [6, 6.07) is 6.08. The minimum absolute atomic E-state index is 0.0477. The number of thiophene rings is 2. The van der Waals surface area contributed by atoms with E-state index in [1.165, 1.54) is 22.3 Å². The highest BCUT2D eigenvalue weighted by molar-refractivity contribution is 7.91. The number of piperazine rings is 1. The number of nitrogens with one attached hydrogen (secondary N) is 1. The van der Waals surface area contributed by atoms with Gasteiger partial charge < -0.3 is 14.7 Å². The first-order valence-electron chi connectivity index (χ1n) is 13.5. The van der Waals surface area contributed by atoms with Crippen molar-refractivity contribution >= 4 is 62.0 Å². The summed E-state index contributed by atoms with van der Waals surface area (Å²) in [6.45, 7) is 6.36. The Morgan fingerprint density at radius 2 is 1.68 bits per heavy atom. The molecule has 3 aliphatic heterocycles. The molecule has 0 aromatic carbocycles. The van der Waals surface area contributed by atoms with E-state index in [-0.39, 0.29) is 34.5 Å². The van der Waals surface area contributed by atoms with E-state index >= 15 is 0 Å². The van der Waals surface area contributed by atoms with Crippen LogP contribution in [-0.2, 0) is 24.4 Å². The zero-order valence-corrected chi connectivity index (χ0v) is 25.6. The van der Waals surface area contributed by atoms with E-state index in [0.717, 1.165) is 53.6 Å². The molecule has 40 heavy (non-hydrogen) atoms. The van der Waals surface area contributed by atoms with Gasteiger partial charge in [0.05, 0.1) is 10.9 Å². The Bertz CT molecular complexity index is 1350. The van der Waals surface area contributed by atoms with Crippen molar-refractivity contribution in [2.75, 3.05) is 52.4 Å². The van der Waals surface area contributed by atoms with Crippen LogP contribution in [0.3, 0.4) is 0 Å². The van der Waals surface area contributed by atoms with Crippen molar-refractivity contribution in [1.29, 1.82) is 0 Å². The second kappa shape index (κ2) is 12.5. The fourth-order valence-electron chi connectivity index (χ4n) is 5.65. The summed E-state index contributed by atoms with van der Waals surface area (Å²) in [4.78, 5) is 47.4. The molecule has 2 unspecified atom stereocenters. The zero-order chi connectivity index (χ0) is 28.4. The molecule has 3 amide bonds. The monoisotopic (exact) mass is 627 g/mol. The largest absolute Gasteiger partial charge is 0.340 e. The summed E-state index contributed by atoms with van der Waals surface area (Å²) in [5, 5.41) is 0. The van der Waals surface area contributed by atoms with E-state index in [4.69, 9.17) is 11.6 Å². The van der Waals surface area contributed by atoms with Crippen molar-refractivity contribution < 1.29 is 22.8 Å². The number of nitrogens with zero attached hydrogens (tertiary/aromatic N) is 4. The Morgan fingerprint density at radius 3 is 2.38 bits per heavy atom. The summed E-state index contributed by atoms with van der Waals surface area (Å²) >= 11 is 8.53. The molecule has 2 atom stereocenters. The Morgan fingerprint density at radius 1 is 0.975 bits per heavy atom. The third kappa shape index (κ3) is 6.71. The normalized spacial score (nSPS) is 22.8. The SMILES string of the molecule is CC(=O)N1CCN(CC2CCCN2C(=O)CN2CCCC(NS(=O)(=O)c3ccc(-c4ccc(Cl)s4)s3)C2=O)CC1. The molecule has 218 valence electrons. The lowest BCUT2D eigenvalue weighted by Gasteiger charge is -2.38. The van der Waals surface area contributed by atoms with Crippen LogP contribution < -0.4 is 4.72 Å². The van der Waals surface area contributed by atoms with Crippen molar-refractivity contribution in [2.24, 2.45) is 0 Å². The van der Waals surface area contributed by atoms with Crippen LogP contribution in [-0.4, -0.2) is 110 Å². The van der Waals surface area contributed by atoms with Crippen LogP contribution in [0.4, 0.5) is 0 Å². The van der Waals surface area contributed by atoms with E-state index < -0.39 is 16.1 Å². The van der Waals surface area contributed by atoms with Crippen molar-refractivity contribution in [3.05, 3.63) is 28.6 Å². The zero-order valence-electron chi connectivity index (χ0n) is 22.4. The molecule has 10 nitrogen and oxygen atoms in total. The number of hydrogen-bond donors (Lipinski definition) is 1. The number of rotatable bonds is 8. The van der Waals surface area contributed by atoms with Gasteiger partial charge in [-0.25, -0.2) is 8.42 Å². The third-order valence-electron chi connectivity index (χ3n) is 7.80. The van der Waals surface area contributed by atoms with Gasteiger partial charge in [-0.15, -0.1) is 22.7 Å². The van der Waals surface area contributed by atoms with Gasteiger partial charge >= 0.3 is 0 Å². The van der Waals surface area contributed by atoms with Crippen molar-refractivity contribution in [1.82, 2.24) is 24.3 Å². The third-order valence-corrected chi connectivity index (χ3v) is 12.3. The van der Waals surface area contributed by atoms with Crippen molar-refractivity contribution in [3.8, 4) is 9.75 Å². The summed E-state index contributed by atoms with van der Waals surface area (Å²) in [5.41, 5.74) is 0. The van der Waals surface area contributed by atoms with E-state index in [2.05, 4.69) is 9.62 Å². The average molecular weight is 628 g/mol. The highest BCUT2D eigenvalue weighted by atomic mass is 35.5. The standard InChI is InChI=1S/C26H34ClN5O5S3/c1-18(33)30-14-12-29(13-15-30)16-19-4-2-11-32(19)24(34)17-31-10-3-5-20(26(31)35)28-40(36,37)25-9-7-22(39-25)21-6-8-23(27)38-21/h6-9,19-20,28H,2-5,10-17H2,1H3. The first kappa shape index (κ1) is 29.5. The van der Waals surface area contributed by atoms with Gasteiger partial charge in [0.1, 0.15) is 10.3 Å². The Hall–Kier alpha value is -2.03. The predicted molar refractivity (Wildman–Crippen MR) is 156 cm³/mol. The molecule has 5 rings (SSSR count). The maximum absolute atomic E-state index is 13.3. The fourth-order valence-corrected chi connectivity index (χ4v) is 9.33. The van der Waals surface area contributed by atoms with Crippen LogP contribution >= 0.6 is 34.3 Å². The number of piperidine rings is 1. The van der Waals surface area contributed by atoms with Gasteiger partial charge in [-0.3, -0.25) is 19.3 Å². The Balaban J connectivity index is 1.16. The number of halogens is 1. The Kier molecular flexibility index (Phi) is 9.17. The van der Waals surface area contributed by atoms with Gasteiger partial charge in [-0.1, -0.05) is 11.6 Å². The molecule has 0 spiro atoms. The molecule has 2 aromatic rings. The topological polar surface area (TPSA) is 110 Å². The molecule has 1 N–H and O–H groups in total. The first-order valence-corrected chi connectivity index (χ1v) is 17.0. The molecule has 5 heterocycles. The van der Waals surface area contributed by atoms with Gasteiger partial charge in [-0.2, -0.15) is 4.72 Å². The van der Waals surface area contributed by atoms with Crippen LogP contribution in [0.2, 0.25) is 4.34 Å². The maximum Gasteiger partial charge on any atom is 0.250 e. The molecule has 0 saturated carbocycles. The molecule has 2 aromatic heterocycles. The van der Waals surface area contributed by atoms with Crippen LogP contribution in [0.25, 0.3) is 9.75 Å². The Labute approximate surface area is 247 Å². The second-order valence-corrected chi connectivity index (χ2v) is 15.2. The first-order chi connectivity index (χ1) is 19.1.